The van der Waals surface area contributed by atoms with Crippen molar-refractivity contribution in [2.24, 2.45) is 0 Å². The summed E-state index contributed by atoms with van der Waals surface area (Å²) in [5.74, 6) is -0.417. The molecule has 0 atom stereocenters. The first-order valence-electron chi connectivity index (χ1n) is 5.75. The number of nitrogens with two attached hydrogens (primary N) is 1. The maximum Gasteiger partial charge on any atom is 0.264 e. The highest BCUT2D eigenvalue weighted by Gasteiger charge is 2.20. The van der Waals surface area contributed by atoms with E-state index in [0.29, 0.717) is 10.2 Å². The topological polar surface area (TPSA) is 81.4 Å². The summed E-state index contributed by atoms with van der Waals surface area (Å²) in [6.45, 7) is 0. The van der Waals surface area contributed by atoms with E-state index in [0.717, 1.165) is 12.1 Å². The van der Waals surface area contributed by atoms with Gasteiger partial charge in [-0.25, -0.2) is 12.8 Å². The molecule has 0 heterocycles. The Labute approximate surface area is 130 Å². The molecular formula is C13H12BrFN2O3S. The van der Waals surface area contributed by atoms with E-state index in [1.165, 1.54) is 19.2 Å². The summed E-state index contributed by atoms with van der Waals surface area (Å²) in [4.78, 5) is -0.516. The van der Waals surface area contributed by atoms with E-state index in [2.05, 4.69) is 20.7 Å². The Kier molecular flexibility index (Phi) is 4.38. The summed E-state index contributed by atoms with van der Waals surface area (Å²) in [7, 11) is -2.65. The summed E-state index contributed by atoms with van der Waals surface area (Å²) in [5, 5.41) is 0. The van der Waals surface area contributed by atoms with Gasteiger partial charge in [-0.05, 0) is 46.3 Å². The fourth-order valence-corrected chi connectivity index (χ4v) is 3.30. The molecule has 5 nitrogen and oxygen atoms in total. The lowest BCUT2D eigenvalue weighted by atomic mass is 10.3. The molecule has 0 aliphatic carbocycles. The summed E-state index contributed by atoms with van der Waals surface area (Å²) in [6, 6.07) is 8.10. The Balaban J connectivity index is 2.44. The first kappa shape index (κ1) is 15.6. The van der Waals surface area contributed by atoms with Crippen LogP contribution in [0.1, 0.15) is 0 Å². The van der Waals surface area contributed by atoms with Crippen LogP contribution in [0, 0.1) is 5.82 Å². The molecule has 0 saturated heterocycles. The Bertz CT molecular complexity index is 781. The molecule has 2 aromatic rings. The van der Waals surface area contributed by atoms with Gasteiger partial charge in [-0.2, -0.15) is 0 Å². The van der Waals surface area contributed by atoms with Crippen molar-refractivity contribution in [3.05, 3.63) is 46.7 Å². The van der Waals surface area contributed by atoms with Gasteiger partial charge in [0.25, 0.3) is 10.0 Å². The zero-order chi connectivity index (χ0) is 15.6. The Morgan fingerprint density at radius 2 is 1.95 bits per heavy atom. The van der Waals surface area contributed by atoms with Crippen molar-refractivity contribution in [2.75, 3.05) is 17.6 Å². The Hall–Kier alpha value is -1.80. The van der Waals surface area contributed by atoms with Gasteiger partial charge in [-0.1, -0.05) is 0 Å². The molecular weight excluding hydrogens is 363 g/mol. The van der Waals surface area contributed by atoms with Crippen molar-refractivity contribution >= 4 is 37.3 Å². The van der Waals surface area contributed by atoms with Crippen LogP contribution in [0.25, 0.3) is 0 Å². The predicted octanol–water partition coefficient (Wildman–Crippen LogP) is 2.98. The van der Waals surface area contributed by atoms with Crippen molar-refractivity contribution < 1.29 is 17.5 Å². The average molecular weight is 375 g/mol. The number of nitrogens with one attached hydrogen (secondary N) is 1. The molecule has 8 heteroatoms. The molecule has 2 aromatic carbocycles. The molecule has 0 spiro atoms. The lowest BCUT2D eigenvalue weighted by Crippen LogP contribution is -2.15. The van der Waals surface area contributed by atoms with Gasteiger partial charge in [0, 0.05) is 16.2 Å². The number of halogens is 2. The third-order valence-electron chi connectivity index (χ3n) is 2.66. The third-order valence-corrected chi connectivity index (χ3v) is 4.73. The fourth-order valence-electron chi connectivity index (χ4n) is 1.64. The quantitative estimate of drug-likeness (QED) is 0.806. The number of ether oxygens (including phenoxy) is 1. The fraction of sp³-hybridized carbons (Fsp3) is 0.0769. The number of hydrogen-bond acceptors (Lipinski definition) is 4. The normalized spacial score (nSPS) is 11.2. The van der Waals surface area contributed by atoms with E-state index in [-0.39, 0.29) is 11.4 Å². The van der Waals surface area contributed by atoms with Crippen LogP contribution in [0.15, 0.2) is 45.8 Å². The molecule has 0 aliphatic rings. The van der Waals surface area contributed by atoms with Crippen LogP contribution in [0.4, 0.5) is 15.8 Å². The van der Waals surface area contributed by atoms with Gasteiger partial charge < -0.3 is 10.5 Å². The number of methoxy groups -OCH3 is 1. The maximum atomic E-state index is 13.7. The molecule has 0 aliphatic heterocycles. The molecule has 0 saturated carbocycles. The number of hydrogen-bond donors (Lipinski definition) is 2. The molecule has 21 heavy (non-hydrogen) atoms. The first-order chi connectivity index (χ1) is 9.83. The number of rotatable bonds is 4. The van der Waals surface area contributed by atoms with Gasteiger partial charge in [0.2, 0.25) is 0 Å². The largest absolute Gasteiger partial charge is 0.497 e. The second-order valence-corrected chi connectivity index (χ2v) is 6.65. The van der Waals surface area contributed by atoms with Crippen molar-refractivity contribution in [1.29, 1.82) is 0 Å². The summed E-state index contributed by atoms with van der Waals surface area (Å²) in [5.41, 5.74) is 5.89. The van der Waals surface area contributed by atoms with Crippen LogP contribution in [0.3, 0.4) is 0 Å². The van der Waals surface area contributed by atoms with Gasteiger partial charge >= 0.3 is 0 Å². The molecule has 112 valence electrons. The molecule has 0 bridgehead atoms. The Morgan fingerprint density at radius 3 is 2.62 bits per heavy atom. The SMILES string of the molecule is COc1ccc(Br)c(NS(=O)(=O)c2cc(N)ccc2F)c1. The summed E-state index contributed by atoms with van der Waals surface area (Å²) in [6.07, 6.45) is 0. The highest BCUT2D eigenvalue weighted by molar-refractivity contribution is 9.10. The van der Waals surface area contributed by atoms with Crippen LogP contribution in [-0.2, 0) is 10.0 Å². The summed E-state index contributed by atoms with van der Waals surface area (Å²) < 4.78 is 46.0. The van der Waals surface area contributed by atoms with Gasteiger partial charge in [-0.3, -0.25) is 4.72 Å². The molecule has 0 unspecified atom stereocenters. The van der Waals surface area contributed by atoms with Crippen molar-refractivity contribution in [2.45, 2.75) is 4.90 Å². The number of benzene rings is 2. The van der Waals surface area contributed by atoms with E-state index in [9.17, 15) is 12.8 Å². The zero-order valence-corrected chi connectivity index (χ0v) is 13.3. The average Bonchev–Trinajstić information content (AvgIpc) is 2.43. The minimum absolute atomic E-state index is 0.154. The van der Waals surface area contributed by atoms with Crippen LogP contribution < -0.4 is 15.2 Å². The van der Waals surface area contributed by atoms with E-state index >= 15 is 0 Å². The van der Waals surface area contributed by atoms with Crippen molar-refractivity contribution in [3.8, 4) is 5.75 Å². The lowest BCUT2D eigenvalue weighted by molar-refractivity contribution is 0.415. The van der Waals surface area contributed by atoms with Gasteiger partial charge in [0.1, 0.15) is 16.5 Å². The van der Waals surface area contributed by atoms with Crippen molar-refractivity contribution in [3.63, 3.8) is 0 Å². The standard InChI is InChI=1S/C13H12BrFN2O3S/c1-20-9-3-4-10(14)12(7-9)17-21(18,19)13-6-8(16)2-5-11(13)15/h2-7,17H,16H2,1H3. The van der Waals surface area contributed by atoms with Crippen LogP contribution in [0.2, 0.25) is 0 Å². The Morgan fingerprint density at radius 1 is 1.24 bits per heavy atom. The minimum atomic E-state index is -4.10. The number of nitrogen functional groups attached to an aromatic ring is 1. The van der Waals surface area contributed by atoms with Gasteiger partial charge in [0.05, 0.1) is 12.8 Å². The summed E-state index contributed by atoms with van der Waals surface area (Å²) >= 11 is 3.22. The molecule has 3 N–H and O–H groups in total. The smallest absolute Gasteiger partial charge is 0.264 e. The van der Waals surface area contributed by atoms with E-state index in [1.54, 1.807) is 12.1 Å². The predicted molar refractivity (Wildman–Crippen MR) is 82.3 cm³/mol. The van der Waals surface area contributed by atoms with Gasteiger partial charge in [-0.15, -0.1) is 0 Å². The zero-order valence-electron chi connectivity index (χ0n) is 10.9. The molecule has 0 amide bonds. The highest BCUT2D eigenvalue weighted by atomic mass is 79.9. The highest BCUT2D eigenvalue weighted by Crippen LogP contribution is 2.30. The molecule has 0 aromatic heterocycles. The van der Waals surface area contributed by atoms with Gasteiger partial charge in [0.15, 0.2) is 0 Å². The van der Waals surface area contributed by atoms with Crippen LogP contribution >= 0.6 is 15.9 Å². The molecule has 0 fully saturated rings. The van der Waals surface area contributed by atoms with E-state index < -0.39 is 20.7 Å². The molecule has 0 radical (unpaired) electrons. The second-order valence-electron chi connectivity index (χ2n) is 4.14. The number of sulfonamides is 1. The second kappa shape index (κ2) is 5.90. The van der Waals surface area contributed by atoms with Crippen LogP contribution in [-0.4, -0.2) is 15.5 Å². The van der Waals surface area contributed by atoms with E-state index in [4.69, 9.17) is 10.5 Å². The van der Waals surface area contributed by atoms with E-state index in [1.807, 2.05) is 0 Å². The molecule has 2 rings (SSSR count). The first-order valence-corrected chi connectivity index (χ1v) is 8.02. The van der Waals surface area contributed by atoms with Crippen molar-refractivity contribution in [1.82, 2.24) is 0 Å². The lowest BCUT2D eigenvalue weighted by Gasteiger charge is -2.12. The minimum Gasteiger partial charge on any atom is -0.497 e. The van der Waals surface area contributed by atoms with Crippen LogP contribution in [0.5, 0.6) is 5.75 Å². The number of anilines is 2. The maximum absolute atomic E-state index is 13.7. The monoisotopic (exact) mass is 374 g/mol. The third kappa shape index (κ3) is 3.45.